The molecule has 0 saturated heterocycles. The second-order valence-electron chi connectivity index (χ2n) is 1.79. The molecule has 0 rings (SSSR count). The Bertz CT molecular complexity index is 105. The van der Waals surface area contributed by atoms with Crippen molar-refractivity contribution in [2.75, 3.05) is 6.61 Å². The summed E-state index contributed by atoms with van der Waals surface area (Å²) in [5.74, 6) is 0.166. The molecule has 9 heavy (non-hydrogen) atoms. The van der Waals surface area contributed by atoms with Crippen molar-refractivity contribution in [1.29, 1.82) is 0 Å². The number of rotatable bonds is 4. The van der Waals surface area contributed by atoms with Gasteiger partial charge in [-0.3, -0.25) is 4.79 Å². The van der Waals surface area contributed by atoms with Crippen molar-refractivity contribution in [2.24, 2.45) is 0 Å². The minimum atomic E-state index is 0.166. The quantitative estimate of drug-likeness (QED) is 0.424. The van der Waals surface area contributed by atoms with E-state index < -0.39 is 0 Å². The van der Waals surface area contributed by atoms with Crippen LogP contribution in [0.4, 0.5) is 0 Å². The zero-order chi connectivity index (χ0) is 7.11. The van der Waals surface area contributed by atoms with Gasteiger partial charge in [0.1, 0.15) is 5.78 Å². The van der Waals surface area contributed by atoms with Crippen LogP contribution in [0.5, 0.6) is 0 Å². The van der Waals surface area contributed by atoms with Gasteiger partial charge in [-0.1, -0.05) is 6.08 Å². The molecule has 52 valence electrons. The summed E-state index contributed by atoms with van der Waals surface area (Å²) < 4.78 is 4.89. The van der Waals surface area contributed by atoms with Gasteiger partial charge < -0.3 is 4.74 Å². The molecule has 0 heterocycles. The first kappa shape index (κ1) is 8.21. The van der Waals surface area contributed by atoms with Crippen LogP contribution in [-0.4, -0.2) is 12.4 Å². The van der Waals surface area contributed by atoms with E-state index in [1.807, 2.05) is 6.92 Å². The van der Waals surface area contributed by atoms with Gasteiger partial charge in [-0.25, -0.2) is 0 Å². The van der Waals surface area contributed by atoms with Crippen LogP contribution in [0.15, 0.2) is 12.3 Å². The zero-order valence-corrected chi connectivity index (χ0v) is 5.89. The third-order valence-corrected chi connectivity index (χ3v) is 0.804. The minimum Gasteiger partial charge on any atom is -0.501 e. The second-order valence-corrected chi connectivity index (χ2v) is 1.79. The summed E-state index contributed by atoms with van der Waals surface area (Å²) in [5, 5.41) is 0. The summed E-state index contributed by atoms with van der Waals surface area (Å²) in [6, 6.07) is 0. The van der Waals surface area contributed by atoms with E-state index in [-0.39, 0.29) is 5.78 Å². The molecule has 0 N–H and O–H groups in total. The number of hydrogen-bond donors (Lipinski definition) is 0. The van der Waals surface area contributed by atoms with Crippen LogP contribution in [0.3, 0.4) is 0 Å². The van der Waals surface area contributed by atoms with Crippen LogP contribution >= 0.6 is 0 Å². The third-order valence-electron chi connectivity index (χ3n) is 0.804. The topological polar surface area (TPSA) is 26.3 Å². The summed E-state index contributed by atoms with van der Waals surface area (Å²) in [7, 11) is 0. The largest absolute Gasteiger partial charge is 0.501 e. The van der Waals surface area contributed by atoms with Gasteiger partial charge in [-0.05, 0) is 13.8 Å². The van der Waals surface area contributed by atoms with E-state index in [1.54, 1.807) is 19.3 Å². The average Bonchev–Trinajstić information content (AvgIpc) is 1.80. The Balaban J connectivity index is 3.01. The number of hydrogen-bond acceptors (Lipinski definition) is 2. The molecule has 0 aromatic carbocycles. The molecule has 0 unspecified atom stereocenters. The maximum absolute atomic E-state index is 10.3. The van der Waals surface area contributed by atoms with E-state index in [0.717, 1.165) is 0 Å². The van der Waals surface area contributed by atoms with E-state index >= 15 is 0 Å². The van der Waals surface area contributed by atoms with Gasteiger partial charge in [0, 0.05) is 6.42 Å². The molecular formula is C7H12O2. The summed E-state index contributed by atoms with van der Waals surface area (Å²) in [6.07, 6.45) is 3.88. The highest BCUT2D eigenvalue weighted by Crippen LogP contribution is 1.84. The van der Waals surface area contributed by atoms with Crippen LogP contribution in [-0.2, 0) is 9.53 Å². The van der Waals surface area contributed by atoms with E-state index in [2.05, 4.69) is 0 Å². The van der Waals surface area contributed by atoms with Crippen molar-refractivity contribution in [3.63, 3.8) is 0 Å². The Morgan fingerprint density at radius 1 is 1.67 bits per heavy atom. The molecule has 0 aliphatic heterocycles. The molecule has 0 spiro atoms. The predicted molar refractivity (Wildman–Crippen MR) is 36.1 cm³/mol. The molecule has 0 aliphatic rings. The molecule has 0 fully saturated rings. The van der Waals surface area contributed by atoms with E-state index in [9.17, 15) is 4.79 Å². The van der Waals surface area contributed by atoms with Gasteiger partial charge in [0.25, 0.3) is 0 Å². The molecule has 0 atom stereocenters. The maximum Gasteiger partial charge on any atom is 0.133 e. The normalized spacial score (nSPS) is 10.0. The number of carbonyl (C=O) groups excluding carboxylic acids is 1. The van der Waals surface area contributed by atoms with Gasteiger partial charge in [0.05, 0.1) is 12.9 Å². The molecule has 0 aliphatic carbocycles. The zero-order valence-electron chi connectivity index (χ0n) is 5.89. The third kappa shape index (κ3) is 7.21. The molecule has 0 radical (unpaired) electrons. The monoisotopic (exact) mass is 128 g/mol. The molecule has 0 amide bonds. The molecular weight excluding hydrogens is 116 g/mol. The van der Waals surface area contributed by atoms with Gasteiger partial charge in [-0.2, -0.15) is 0 Å². The average molecular weight is 128 g/mol. The first-order chi connectivity index (χ1) is 4.27. The summed E-state index contributed by atoms with van der Waals surface area (Å²) in [6.45, 7) is 3.92. The number of Topliss-reactive ketones (excluding diaryl/α,β-unsaturated/α-hetero) is 1. The van der Waals surface area contributed by atoms with Crippen molar-refractivity contribution in [1.82, 2.24) is 0 Å². The van der Waals surface area contributed by atoms with Crippen molar-refractivity contribution in [3.05, 3.63) is 12.3 Å². The van der Waals surface area contributed by atoms with Crippen molar-refractivity contribution in [3.8, 4) is 0 Å². The number of ketones is 1. The molecule has 2 nitrogen and oxygen atoms in total. The first-order valence-corrected chi connectivity index (χ1v) is 2.99. The molecule has 0 aromatic heterocycles. The van der Waals surface area contributed by atoms with Crippen LogP contribution in [0, 0.1) is 0 Å². The fourth-order valence-corrected chi connectivity index (χ4v) is 0.367. The Morgan fingerprint density at radius 3 is 2.78 bits per heavy atom. The van der Waals surface area contributed by atoms with Crippen molar-refractivity contribution >= 4 is 5.78 Å². The minimum absolute atomic E-state index is 0.166. The summed E-state index contributed by atoms with van der Waals surface area (Å²) in [4.78, 5) is 10.3. The highest BCUT2D eigenvalue weighted by molar-refractivity contribution is 5.75. The van der Waals surface area contributed by atoms with Gasteiger partial charge >= 0.3 is 0 Å². The number of carbonyl (C=O) groups is 1. The van der Waals surface area contributed by atoms with Crippen LogP contribution < -0.4 is 0 Å². The van der Waals surface area contributed by atoms with Gasteiger partial charge in [0.2, 0.25) is 0 Å². The number of allylic oxidation sites excluding steroid dienone is 1. The standard InChI is InChI=1S/C7H12O2/c1-3-5-9-6-4-7(2)8/h3,5H,4,6H2,1-2H3/b5-3-. The van der Waals surface area contributed by atoms with Crippen molar-refractivity contribution < 1.29 is 9.53 Å². The summed E-state index contributed by atoms with van der Waals surface area (Å²) in [5.41, 5.74) is 0. The van der Waals surface area contributed by atoms with Crippen molar-refractivity contribution in [2.45, 2.75) is 20.3 Å². The lowest BCUT2D eigenvalue weighted by Crippen LogP contribution is -1.95. The Hall–Kier alpha value is -0.790. The Kier molecular flexibility index (Phi) is 4.88. The summed E-state index contributed by atoms with van der Waals surface area (Å²) >= 11 is 0. The van der Waals surface area contributed by atoms with Crippen LogP contribution in [0.1, 0.15) is 20.3 Å². The van der Waals surface area contributed by atoms with Gasteiger partial charge in [-0.15, -0.1) is 0 Å². The fourth-order valence-electron chi connectivity index (χ4n) is 0.367. The Labute approximate surface area is 55.5 Å². The molecule has 0 bridgehead atoms. The highest BCUT2D eigenvalue weighted by Gasteiger charge is 1.89. The molecule has 2 heteroatoms. The lowest BCUT2D eigenvalue weighted by atomic mass is 10.3. The van der Waals surface area contributed by atoms with E-state index in [4.69, 9.17) is 4.74 Å². The SMILES string of the molecule is C/C=C\OCCC(C)=O. The smallest absolute Gasteiger partial charge is 0.133 e. The Morgan fingerprint density at radius 2 is 2.33 bits per heavy atom. The first-order valence-electron chi connectivity index (χ1n) is 2.99. The van der Waals surface area contributed by atoms with Gasteiger partial charge in [0.15, 0.2) is 0 Å². The lowest BCUT2D eigenvalue weighted by Gasteiger charge is -1.94. The predicted octanol–water partition coefficient (Wildman–Crippen LogP) is 1.52. The van der Waals surface area contributed by atoms with E-state index in [0.29, 0.717) is 13.0 Å². The maximum atomic E-state index is 10.3. The van der Waals surface area contributed by atoms with Crippen LogP contribution in [0.25, 0.3) is 0 Å². The highest BCUT2D eigenvalue weighted by atomic mass is 16.5. The number of ether oxygens (including phenoxy) is 1. The molecule has 0 aromatic rings. The van der Waals surface area contributed by atoms with E-state index in [1.165, 1.54) is 0 Å². The lowest BCUT2D eigenvalue weighted by molar-refractivity contribution is -0.117. The second kappa shape index (κ2) is 5.35. The fraction of sp³-hybridized carbons (Fsp3) is 0.571. The van der Waals surface area contributed by atoms with Crippen LogP contribution in [0.2, 0.25) is 0 Å². The molecule has 0 saturated carbocycles.